The molecule has 2 aromatic heterocycles. The zero-order chi connectivity index (χ0) is 16.9. The van der Waals surface area contributed by atoms with E-state index >= 15 is 0 Å². The number of nitrogens with zero attached hydrogens (tertiary/aromatic N) is 3. The fourth-order valence-corrected chi connectivity index (χ4v) is 5.26. The third-order valence-electron chi connectivity index (χ3n) is 4.38. The lowest BCUT2D eigenvalue weighted by Gasteiger charge is -2.23. The van der Waals surface area contributed by atoms with Gasteiger partial charge in [-0.15, -0.1) is 0 Å². The van der Waals surface area contributed by atoms with E-state index in [2.05, 4.69) is 15.0 Å². The van der Waals surface area contributed by atoms with Gasteiger partial charge in [0.25, 0.3) is 0 Å². The highest BCUT2D eigenvalue weighted by molar-refractivity contribution is 7.91. The first kappa shape index (κ1) is 15.6. The molecular formula is C16H15ClN4O2S. The summed E-state index contributed by atoms with van der Waals surface area (Å²) in [5.41, 5.74) is 3.27. The number of hydrogen-bond donors (Lipinski definition) is 1. The second-order valence-electron chi connectivity index (χ2n) is 5.96. The van der Waals surface area contributed by atoms with Crippen molar-refractivity contribution in [3.63, 3.8) is 0 Å². The molecule has 0 spiro atoms. The zero-order valence-corrected chi connectivity index (χ0v) is 14.5. The molecule has 0 saturated carbocycles. The summed E-state index contributed by atoms with van der Waals surface area (Å²) in [5, 5.41) is 0.544. The van der Waals surface area contributed by atoms with Crippen molar-refractivity contribution < 1.29 is 8.42 Å². The summed E-state index contributed by atoms with van der Waals surface area (Å²) in [7, 11) is -1.37. The van der Waals surface area contributed by atoms with E-state index in [0.717, 1.165) is 22.3 Å². The van der Waals surface area contributed by atoms with E-state index in [1.807, 2.05) is 18.1 Å². The number of hydrogen-bond acceptors (Lipinski definition) is 5. The maximum atomic E-state index is 12.4. The number of rotatable bonds is 3. The van der Waals surface area contributed by atoms with Gasteiger partial charge in [0.2, 0.25) is 0 Å². The molecule has 24 heavy (non-hydrogen) atoms. The fourth-order valence-electron chi connectivity index (χ4n) is 3.22. The summed E-state index contributed by atoms with van der Waals surface area (Å²) in [5.74, 6) is 0.0627. The van der Waals surface area contributed by atoms with Gasteiger partial charge in [-0.1, -0.05) is 11.6 Å². The lowest BCUT2D eigenvalue weighted by molar-refractivity contribution is 0.258. The Kier molecular flexibility index (Phi) is 3.59. The van der Waals surface area contributed by atoms with Crippen molar-refractivity contribution in [1.82, 2.24) is 19.9 Å². The number of halogens is 1. The van der Waals surface area contributed by atoms with Crippen molar-refractivity contribution >= 4 is 32.6 Å². The minimum Gasteiger partial charge on any atom is -0.344 e. The molecule has 0 amide bonds. The van der Waals surface area contributed by atoms with E-state index in [9.17, 15) is 8.42 Å². The van der Waals surface area contributed by atoms with Crippen LogP contribution in [0.2, 0.25) is 5.02 Å². The molecule has 0 bridgehead atoms. The Bertz CT molecular complexity index is 1030. The molecule has 0 aliphatic carbocycles. The molecule has 8 heteroatoms. The van der Waals surface area contributed by atoms with E-state index in [-0.39, 0.29) is 11.8 Å². The van der Waals surface area contributed by atoms with Crippen LogP contribution in [0.4, 0.5) is 0 Å². The smallest absolute Gasteiger partial charge is 0.180 e. The third kappa shape index (κ3) is 2.49. The van der Waals surface area contributed by atoms with Crippen LogP contribution >= 0.6 is 11.6 Å². The maximum Gasteiger partial charge on any atom is 0.180 e. The predicted molar refractivity (Wildman–Crippen MR) is 91.6 cm³/mol. The number of benzene rings is 1. The molecule has 1 N–H and O–H groups in total. The Morgan fingerprint density at radius 3 is 2.96 bits per heavy atom. The lowest BCUT2D eigenvalue weighted by atomic mass is 10.1. The average Bonchev–Trinajstić information content (AvgIpc) is 3.06. The van der Waals surface area contributed by atoms with Crippen LogP contribution in [0.25, 0.3) is 11.2 Å². The first-order valence-corrected chi connectivity index (χ1v) is 9.48. The Labute approximate surface area is 144 Å². The summed E-state index contributed by atoms with van der Waals surface area (Å²) in [6.07, 6.45) is 5.15. The van der Waals surface area contributed by atoms with E-state index in [1.54, 1.807) is 30.6 Å². The summed E-state index contributed by atoms with van der Waals surface area (Å²) >= 11 is 6.07. The minimum absolute atomic E-state index is 0.0627. The number of H-pyrrole nitrogens is 1. The molecule has 3 aromatic rings. The van der Waals surface area contributed by atoms with Crippen LogP contribution in [0.5, 0.6) is 0 Å². The maximum absolute atomic E-state index is 12.4. The van der Waals surface area contributed by atoms with E-state index in [1.165, 1.54) is 0 Å². The molecule has 1 aliphatic rings. The molecule has 124 valence electrons. The van der Waals surface area contributed by atoms with Gasteiger partial charge in [0, 0.05) is 35.7 Å². The Hall–Kier alpha value is -1.96. The summed E-state index contributed by atoms with van der Waals surface area (Å²) in [6, 6.07) is 4.73. The Morgan fingerprint density at radius 2 is 2.12 bits per heavy atom. The van der Waals surface area contributed by atoms with Crippen molar-refractivity contribution in [3.8, 4) is 0 Å². The van der Waals surface area contributed by atoms with Gasteiger partial charge < -0.3 is 4.98 Å². The van der Waals surface area contributed by atoms with Gasteiger partial charge in [0.05, 0.1) is 16.7 Å². The molecule has 6 nitrogen and oxygen atoms in total. The van der Waals surface area contributed by atoms with Crippen molar-refractivity contribution in [2.45, 2.75) is 17.5 Å². The fraction of sp³-hybridized carbons (Fsp3) is 0.250. The van der Waals surface area contributed by atoms with Crippen LogP contribution in [0.3, 0.4) is 0 Å². The third-order valence-corrected chi connectivity index (χ3v) is 6.41. The predicted octanol–water partition coefficient (Wildman–Crippen LogP) is 2.57. The van der Waals surface area contributed by atoms with E-state index < -0.39 is 9.84 Å². The topological polar surface area (TPSA) is 79.0 Å². The molecule has 1 aliphatic heterocycles. The molecule has 0 fully saturated rings. The van der Waals surface area contributed by atoms with Crippen LogP contribution in [-0.4, -0.2) is 41.1 Å². The molecular weight excluding hydrogens is 348 g/mol. The zero-order valence-electron chi connectivity index (χ0n) is 12.9. The van der Waals surface area contributed by atoms with E-state index in [0.29, 0.717) is 16.5 Å². The normalized spacial score (nSPS) is 19.0. The Morgan fingerprint density at radius 1 is 1.33 bits per heavy atom. The van der Waals surface area contributed by atoms with Crippen LogP contribution in [0, 0.1) is 0 Å². The second-order valence-corrected chi connectivity index (χ2v) is 8.40. The summed E-state index contributed by atoms with van der Waals surface area (Å²) in [4.78, 5) is 14.1. The molecule has 0 saturated heterocycles. The van der Waals surface area contributed by atoms with Crippen molar-refractivity contribution in [1.29, 1.82) is 0 Å². The minimum atomic E-state index is -3.27. The number of sulfone groups is 1. The number of aromatic nitrogens is 3. The number of fused-ring (bicyclic) bond motifs is 2. The first-order chi connectivity index (χ1) is 11.5. The lowest BCUT2D eigenvalue weighted by Crippen LogP contribution is -2.25. The van der Waals surface area contributed by atoms with Gasteiger partial charge >= 0.3 is 0 Å². The van der Waals surface area contributed by atoms with Gasteiger partial charge in [-0.3, -0.25) is 9.88 Å². The SMILES string of the molecule is CN(Cc1c[nH]c2nccnc12)[C@H]1CS(=O)(=O)c2ccc(Cl)cc21. The summed E-state index contributed by atoms with van der Waals surface area (Å²) < 4.78 is 24.8. The monoisotopic (exact) mass is 362 g/mol. The molecule has 0 unspecified atom stereocenters. The standard InChI is InChI=1S/C16H15ClN4O2S/c1-21(8-10-7-20-16-15(10)18-4-5-19-16)13-9-24(22,23)14-3-2-11(17)6-12(13)14/h2-7,13H,8-9H2,1H3,(H,19,20)/t13-/m0/s1. The van der Waals surface area contributed by atoms with Gasteiger partial charge in [0.15, 0.2) is 15.5 Å². The second kappa shape index (κ2) is 5.54. The highest BCUT2D eigenvalue weighted by Crippen LogP contribution is 2.38. The molecule has 0 radical (unpaired) electrons. The van der Waals surface area contributed by atoms with Gasteiger partial charge in [0.1, 0.15) is 5.52 Å². The largest absolute Gasteiger partial charge is 0.344 e. The van der Waals surface area contributed by atoms with E-state index in [4.69, 9.17) is 11.6 Å². The molecule has 1 aromatic carbocycles. The average molecular weight is 363 g/mol. The first-order valence-electron chi connectivity index (χ1n) is 7.45. The number of aromatic amines is 1. The highest BCUT2D eigenvalue weighted by atomic mass is 35.5. The van der Waals surface area contributed by atoms with Gasteiger partial charge in [-0.2, -0.15) is 0 Å². The molecule has 3 heterocycles. The summed E-state index contributed by atoms with van der Waals surface area (Å²) in [6.45, 7) is 0.560. The molecule has 1 atom stereocenters. The Balaban J connectivity index is 1.69. The van der Waals surface area contributed by atoms with Gasteiger partial charge in [-0.05, 0) is 30.8 Å². The van der Waals surface area contributed by atoms with Crippen LogP contribution in [0.1, 0.15) is 17.2 Å². The van der Waals surface area contributed by atoms with Gasteiger partial charge in [-0.25, -0.2) is 13.4 Å². The number of nitrogens with one attached hydrogen (secondary N) is 1. The van der Waals surface area contributed by atoms with Crippen LogP contribution in [-0.2, 0) is 16.4 Å². The molecule has 4 rings (SSSR count). The van der Waals surface area contributed by atoms with Crippen LogP contribution < -0.4 is 0 Å². The van der Waals surface area contributed by atoms with Crippen molar-refractivity contribution in [2.24, 2.45) is 0 Å². The highest BCUT2D eigenvalue weighted by Gasteiger charge is 2.37. The van der Waals surface area contributed by atoms with Crippen molar-refractivity contribution in [2.75, 3.05) is 12.8 Å². The quantitative estimate of drug-likeness (QED) is 0.774. The van der Waals surface area contributed by atoms with Crippen molar-refractivity contribution in [3.05, 3.63) is 52.9 Å². The van der Waals surface area contributed by atoms with Crippen LogP contribution in [0.15, 0.2) is 41.7 Å².